The van der Waals surface area contributed by atoms with Gasteiger partial charge in [0.15, 0.2) is 0 Å². The zero-order valence-electron chi connectivity index (χ0n) is 10.7. The molecule has 1 aliphatic rings. The van der Waals surface area contributed by atoms with Crippen molar-refractivity contribution in [2.24, 2.45) is 0 Å². The Hall–Kier alpha value is -2.69. The molecule has 0 saturated carbocycles. The van der Waals surface area contributed by atoms with Crippen molar-refractivity contribution in [1.29, 1.82) is 0 Å². The summed E-state index contributed by atoms with van der Waals surface area (Å²) in [5.74, 6) is 0. The SMILES string of the molecule is C1=C(c2n[nH]c3cnc(-c4cccnc4)cc23)CCO1. The van der Waals surface area contributed by atoms with Gasteiger partial charge in [0.05, 0.1) is 36.0 Å². The van der Waals surface area contributed by atoms with E-state index in [1.54, 1.807) is 12.5 Å². The Bertz CT molecular complexity index is 792. The molecule has 0 unspecified atom stereocenters. The molecule has 0 aromatic carbocycles. The molecule has 1 aliphatic heterocycles. The minimum atomic E-state index is 0.726. The third-order valence-electron chi connectivity index (χ3n) is 3.42. The van der Waals surface area contributed by atoms with E-state index in [0.29, 0.717) is 0 Å². The molecule has 0 amide bonds. The van der Waals surface area contributed by atoms with E-state index in [1.807, 2.05) is 30.6 Å². The molecule has 0 spiro atoms. The standard InChI is InChI=1S/C15H12N4O/c1-2-10(7-16-4-1)13-6-12-14(8-17-13)18-19-15(12)11-3-5-20-9-11/h1-2,4,6-9H,3,5H2,(H,18,19). The second-order valence-electron chi connectivity index (χ2n) is 4.69. The van der Waals surface area contributed by atoms with Crippen LogP contribution in [0.25, 0.3) is 27.7 Å². The number of ether oxygens (including phenoxy) is 1. The van der Waals surface area contributed by atoms with Gasteiger partial charge in [0.25, 0.3) is 0 Å². The maximum absolute atomic E-state index is 5.30. The lowest BCUT2D eigenvalue weighted by atomic mass is 10.1. The zero-order chi connectivity index (χ0) is 13.4. The number of rotatable bonds is 2. The fraction of sp³-hybridized carbons (Fsp3) is 0.133. The van der Waals surface area contributed by atoms with E-state index in [2.05, 4.69) is 20.2 Å². The van der Waals surface area contributed by atoms with Gasteiger partial charge in [-0.05, 0) is 18.2 Å². The molecule has 1 N–H and O–H groups in total. The van der Waals surface area contributed by atoms with Crippen LogP contribution < -0.4 is 0 Å². The molecule has 20 heavy (non-hydrogen) atoms. The number of nitrogens with zero attached hydrogens (tertiary/aromatic N) is 3. The molecule has 3 aromatic heterocycles. The third kappa shape index (κ3) is 1.75. The van der Waals surface area contributed by atoms with Crippen molar-refractivity contribution in [3.05, 3.63) is 48.7 Å². The number of hydrogen-bond acceptors (Lipinski definition) is 4. The lowest BCUT2D eigenvalue weighted by Crippen LogP contribution is -1.86. The minimum Gasteiger partial charge on any atom is -0.500 e. The van der Waals surface area contributed by atoms with Crippen molar-refractivity contribution in [1.82, 2.24) is 20.2 Å². The van der Waals surface area contributed by atoms with Crippen molar-refractivity contribution in [2.45, 2.75) is 6.42 Å². The average Bonchev–Trinajstić information content (AvgIpc) is 3.16. The summed E-state index contributed by atoms with van der Waals surface area (Å²) >= 11 is 0. The first kappa shape index (κ1) is 11.2. The Morgan fingerprint density at radius 2 is 2.25 bits per heavy atom. The van der Waals surface area contributed by atoms with Gasteiger partial charge in [-0.1, -0.05) is 0 Å². The monoisotopic (exact) mass is 264 g/mol. The van der Waals surface area contributed by atoms with E-state index >= 15 is 0 Å². The molecule has 4 rings (SSSR count). The lowest BCUT2D eigenvalue weighted by Gasteiger charge is -2.01. The smallest absolute Gasteiger partial charge is 0.0992 e. The van der Waals surface area contributed by atoms with Crippen LogP contribution in [0.4, 0.5) is 0 Å². The summed E-state index contributed by atoms with van der Waals surface area (Å²) in [4.78, 5) is 8.59. The predicted octanol–water partition coefficient (Wildman–Crippen LogP) is 2.78. The number of nitrogens with one attached hydrogen (secondary N) is 1. The Labute approximate surface area is 115 Å². The topological polar surface area (TPSA) is 63.7 Å². The molecule has 0 bridgehead atoms. The van der Waals surface area contributed by atoms with Gasteiger partial charge in [0.2, 0.25) is 0 Å². The van der Waals surface area contributed by atoms with Crippen LogP contribution in [0.15, 0.2) is 43.1 Å². The first-order chi connectivity index (χ1) is 9.92. The summed E-state index contributed by atoms with van der Waals surface area (Å²) in [6, 6.07) is 5.95. The van der Waals surface area contributed by atoms with E-state index in [4.69, 9.17) is 4.74 Å². The minimum absolute atomic E-state index is 0.726. The Morgan fingerprint density at radius 1 is 1.25 bits per heavy atom. The molecule has 5 heteroatoms. The van der Waals surface area contributed by atoms with Crippen molar-refractivity contribution < 1.29 is 4.74 Å². The average molecular weight is 264 g/mol. The molecule has 3 aromatic rings. The summed E-state index contributed by atoms with van der Waals surface area (Å²) in [5, 5.41) is 8.47. The fourth-order valence-corrected chi connectivity index (χ4v) is 2.40. The van der Waals surface area contributed by atoms with Crippen LogP contribution in [0, 0.1) is 0 Å². The molecule has 5 nitrogen and oxygen atoms in total. The van der Waals surface area contributed by atoms with Gasteiger partial charge in [0, 0.05) is 35.3 Å². The predicted molar refractivity (Wildman–Crippen MR) is 75.7 cm³/mol. The van der Waals surface area contributed by atoms with Crippen LogP contribution in [-0.2, 0) is 4.74 Å². The van der Waals surface area contributed by atoms with Crippen molar-refractivity contribution >= 4 is 16.5 Å². The van der Waals surface area contributed by atoms with Crippen LogP contribution in [0.5, 0.6) is 0 Å². The second kappa shape index (κ2) is 4.45. The highest BCUT2D eigenvalue weighted by Gasteiger charge is 2.15. The zero-order valence-corrected chi connectivity index (χ0v) is 10.7. The molecule has 98 valence electrons. The Kier molecular flexibility index (Phi) is 2.48. The largest absolute Gasteiger partial charge is 0.500 e. The highest BCUT2D eigenvalue weighted by molar-refractivity contribution is 5.92. The van der Waals surface area contributed by atoms with Gasteiger partial charge in [-0.2, -0.15) is 5.10 Å². The van der Waals surface area contributed by atoms with Gasteiger partial charge in [0.1, 0.15) is 0 Å². The van der Waals surface area contributed by atoms with Gasteiger partial charge in [-0.3, -0.25) is 15.1 Å². The fourth-order valence-electron chi connectivity index (χ4n) is 2.40. The molecule has 0 saturated heterocycles. The van der Waals surface area contributed by atoms with Crippen LogP contribution in [0.1, 0.15) is 12.1 Å². The first-order valence-electron chi connectivity index (χ1n) is 6.47. The normalized spacial score (nSPS) is 14.3. The number of hydrogen-bond donors (Lipinski definition) is 1. The molecule has 0 fully saturated rings. The second-order valence-corrected chi connectivity index (χ2v) is 4.69. The summed E-state index contributed by atoms with van der Waals surface area (Å²) in [7, 11) is 0. The quantitative estimate of drug-likeness (QED) is 0.773. The van der Waals surface area contributed by atoms with Crippen LogP contribution in [0.2, 0.25) is 0 Å². The lowest BCUT2D eigenvalue weighted by molar-refractivity contribution is 0.281. The molecule has 0 radical (unpaired) electrons. The first-order valence-corrected chi connectivity index (χ1v) is 6.47. The summed E-state index contributed by atoms with van der Waals surface area (Å²) < 4.78 is 5.30. The molecular formula is C15H12N4O. The van der Waals surface area contributed by atoms with Crippen molar-refractivity contribution in [3.8, 4) is 11.3 Å². The maximum atomic E-state index is 5.30. The number of H-pyrrole nitrogens is 1. The van der Waals surface area contributed by atoms with Gasteiger partial charge in [-0.15, -0.1) is 0 Å². The molecular weight excluding hydrogens is 252 g/mol. The van der Waals surface area contributed by atoms with E-state index in [-0.39, 0.29) is 0 Å². The Balaban J connectivity index is 1.88. The van der Waals surface area contributed by atoms with Gasteiger partial charge >= 0.3 is 0 Å². The summed E-state index contributed by atoms with van der Waals surface area (Å²) in [6.07, 6.45) is 8.06. The van der Waals surface area contributed by atoms with E-state index in [9.17, 15) is 0 Å². The van der Waals surface area contributed by atoms with Gasteiger partial charge < -0.3 is 4.74 Å². The van der Waals surface area contributed by atoms with Crippen molar-refractivity contribution in [2.75, 3.05) is 6.61 Å². The summed E-state index contributed by atoms with van der Waals surface area (Å²) in [6.45, 7) is 0.726. The van der Waals surface area contributed by atoms with E-state index < -0.39 is 0 Å². The molecule has 4 heterocycles. The number of aromatic amines is 1. The van der Waals surface area contributed by atoms with Crippen molar-refractivity contribution in [3.63, 3.8) is 0 Å². The maximum Gasteiger partial charge on any atom is 0.0992 e. The van der Waals surface area contributed by atoms with E-state index in [1.165, 1.54) is 0 Å². The molecule has 0 atom stereocenters. The summed E-state index contributed by atoms with van der Waals surface area (Å²) in [5.41, 5.74) is 4.90. The third-order valence-corrected chi connectivity index (χ3v) is 3.42. The van der Waals surface area contributed by atoms with Crippen LogP contribution >= 0.6 is 0 Å². The van der Waals surface area contributed by atoms with E-state index in [0.717, 1.165) is 46.5 Å². The highest BCUT2D eigenvalue weighted by Crippen LogP contribution is 2.29. The molecule has 0 aliphatic carbocycles. The number of aromatic nitrogens is 4. The Morgan fingerprint density at radius 3 is 3.05 bits per heavy atom. The van der Waals surface area contributed by atoms with Gasteiger partial charge in [-0.25, -0.2) is 0 Å². The highest BCUT2D eigenvalue weighted by atomic mass is 16.5. The van der Waals surface area contributed by atoms with Crippen LogP contribution in [0.3, 0.4) is 0 Å². The number of pyridine rings is 2. The van der Waals surface area contributed by atoms with Crippen LogP contribution in [-0.4, -0.2) is 26.8 Å². The number of fused-ring (bicyclic) bond motifs is 1.